The molecule has 1 rings (SSSR count). The number of nitrogens with two attached hydrogens (primary N) is 1. The van der Waals surface area contributed by atoms with Gasteiger partial charge in [-0.3, -0.25) is 0 Å². The summed E-state index contributed by atoms with van der Waals surface area (Å²) in [4.78, 5) is 6.50. The van der Waals surface area contributed by atoms with Crippen LogP contribution in [0.3, 0.4) is 0 Å². The summed E-state index contributed by atoms with van der Waals surface area (Å²) < 4.78 is 0. The third kappa shape index (κ3) is 4.12. The Kier molecular flexibility index (Phi) is 4.75. The first-order chi connectivity index (χ1) is 8.75. The van der Waals surface area contributed by atoms with E-state index in [0.717, 1.165) is 5.82 Å². The predicted octanol–water partition coefficient (Wildman–Crippen LogP) is 2.34. The molecule has 1 heterocycles. The molecule has 0 radical (unpaired) electrons. The zero-order chi connectivity index (χ0) is 14.6. The van der Waals surface area contributed by atoms with Gasteiger partial charge in [0.1, 0.15) is 11.7 Å². The van der Waals surface area contributed by atoms with Crippen LogP contribution in [0.15, 0.2) is 23.5 Å². The van der Waals surface area contributed by atoms with Crippen molar-refractivity contribution in [2.75, 3.05) is 11.9 Å². The zero-order valence-electron chi connectivity index (χ0n) is 12.4. The maximum absolute atomic E-state index is 8.59. The van der Waals surface area contributed by atoms with Crippen molar-refractivity contribution in [3.8, 4) is 0 Å². The Morgan fingerprint density at radius 1 is 1.47 bits per heavy atom. The van der Waals surface area contributed by atoms with E-state index in [0.29, 0.717) is 6.42 Å². The maximum atomic E-state index is 8.59. The van der Waals surface area contributed by atoms with Crippen molar-refractivity contribution in [3.05, 3.63) is 23.9 Å². The first kappa shape index (κ1) is 15.3. The first-order valence-corrected chi connectivity index (χ1v) is 6.41. The van der Waals surface area contributed by atoms with E-state index in [1.165, 1.54) is 5.56 Å². The van der Waals surface area contributed by atoms with Gasteiger partial charge >= 0.3 is 0 Å². The Hall–Kier alpha value is -1.78. The molecule has 0 aliphatic carbocycles. The molecule has 0 spiro atoms. The summed E-state index contributed by atoms with van der Waals surface area (Å²) in [6.07, 6.45) is 2.40. The van der Waals surface area contributed by atoms with E-state index < -0.39 is 0 Å². The van der Waals surface area contributed by atoms with Gasteiger partial charge in [0.2, 0.25) is 0 Å². The van der Waals surface area contributed by atoms with Crippen LogP contribution in [-0.2, 0) is 5.41 Å². The Balaban J connectivity index is 2.80. The lowest BCUT2D eigenvalue weighted by atomic mass is 9.88. The summed E-state index contributed by atoms with van der Waals surface area (Å²) in [5, 5.41) is 11.6. The van der Waals surface area contributed by atoms with Gasteiger partial charge in [0.15, 0.2) is 0 Å². The summed E-state index contributed by atoms with van der Waals surface area (Å²) >= 11 is 0. The predicted molar refractivity (Wildman–Crippen MR) is 78.8 cm³/mol. The number of aromatic nitrogens is 1. The number of amidine groups is 1. The maximum Gasteiger partial charge on any atom is 0.141 e. The van der Waals surface area contributed by atoms with Crippen LogP contribution in [0.25, 0.3) is 0 Å². The lowest BCUT2D eigenvalue weighted by molar-refractivity contribution is 0.316. The van der Waals surface area contributed by atoms with E-state index in [1.54, 1.807) is 0 Å². The summed E-state index contributed by atoms with van der Waals surface area (Å²) in [7, 11) is 1.95. The number of oxime groups is 1. The average Bonchev–Trinajstić information content (AvgIpc) is 2.36. The summed E-state index contributed by atoms with van der Waals surface area (Å²) in [6.45, 7) is 8.49. The number of nitrogens with zero attached hydrogens (tertiary/aromatic N) is 3. The second kappa shape index (κ2) is 5.91. The molecule has 5 nitrogen and oxygen atoms in total. The normalized spacial score (nSPS) is 14.3. The van der Waals surface area contributed by atoms with Gasteiger partial charge in [-0.2, -0.15) is 0 Å². The van der Waals surface area contributed by atoms with Crippen molar-refractivity contribution < 1.29 is 5.21 Å². The summed E-state index contributed by atoms with van der Waals surface area (Å²) in [5.74, 6) is 1.11. The Labute approximate surface area is 115 Å². The third-order valence-corrected chi connectivity index (χ3v) is 3.27. The molecule has 106 valence electrons. The van der Waals surface area contributed by atoms with Crippen LogP contribution in [-0.4, -0.2) is 29.1 Å². The molecule has 0 aliphatic rings. The molecule has 1 aromatic rings. The molecule has 0 fully saturated rings. The SMILES string of the molecule is CC(C/C(N)=N/O)N(C)c1ccc(C(C)(C)C)cn1. The topological polar surface area (TPSA) is 74.7 Å². The Bertz CT molecular complexity index is 434. The average molecular weight is 264 g/mol. The van der Waals surface area contributed by atoms with Gasteiger partial charge < -0.3 is 15.8 Å². The van der Waals surface area contributed by atoms with E-state index in [-0.39, 0.29) is 17.3 Å². The van der Waals surface area contributed by atoms with Crippen LogP contribution < -0.4 is 10.6 Å². The molecule has 0 saturated carbocycles. The summed E-state index contributed by atoms with van der Waals surface area (Å²) in [5.41, 5.74) is 6.83. The molecule has 19 heavy (non-hydrogen) atoms. The molecular formula is C14H24N4O. The minimum absolute atomic E-state index is 0.101. The van der Waals surface area contributed by atoms with Gasteiger partial charge in [-0.05, 0) is 24.0 Å². The Morgan fingerprint density at radius 2 is 2.11 bits per heavy atom. The van der Waals surface area contributed by atoms with Gasteiger partial charge in [-0.15, -0.1) is 0 Å². The van der Waals surface area contributed by atoms with Gasteiger partial charge in [0.05, 0.1) is 0 Å². The van der Waals surface area contributed by atoms with E-state index in [1.807, 2.05) is 31.1 Å². The third-order valence-electron chi connectivity index (χ3n) is 3.27. The van der Waals surface area contributed by atoms with Crippen molar-refractivity contribution in [2.45, 2.75) is 45.6 Å². The molecule has 3 N–H and O–H groups in total. The highest BCUT2D eigenvalue weighted by atomic mass is 16.4. The van der Waals surface area contributed by atoms with Crippen molar-refractivity contribution in [3.63, 3.8) is 0 Å². The van der Waals surface area contributed by atoms with Crippen LogP contribution in [0.2, 0.25) is 0 Å². The molecule has 0 aliphatic heterocycles. The highest BCUT2D eigenvalue weighted by molar-refractivity contribution is 5.80. The molecular weight excluding hydrogens is 240 g/mol. The largest absolute Gasteiger partial charge is 0.409 e. The quantitative estimate of drug-likeness (QED) is 0.379. The first-order valence-electron chi connectivity index (χ1n) is 6.41. The Morgan fingerprint density at radius 3 is 2.53 bits per heavy atom. The number of pyridine rings is 1. The molecule has 1 atom stereocenters. The molecule has 0 saturated heterocycles. The van der Waals surface area contributed by atoms with Crippen molar-refractivity contribution >= 4 is 11.7 Å². The highest BCUT2D eigenvalue weighted by Gasteiger charge is 2.16. The van der Waals surface area contributed by atoms with Gasteiger partial charge in [-0.25, -0.2) is 4.98 Å². The van der Waals surface area contributed by atoms with Crippen molar-refractivity contribution in [2.24, 2.45) is 10.9 Å². The molecule has 1 aromatic heterocycles. The molecule has 0 bridgehead atoms. The number of rotatable bonds is 4. The smallest absolute Gasteiger partial charge is 0.141 e. The van der Waals surface area contributed by atoms with Crippen LogP contribution >= 0.6 is 0 Å². The zero-order valence-corrected chi connectivity index (χ0v) is 12.4. The standard InChI is InChI=1S/C14H24N4O/c1-10(8-12(15)17-19)18(5)13-7-6-11(9-16-13)14(2,3)4/h6-7,9-10,19H,8H2,1-5H3,(H2,15,17). The van der Waals surface area contributed by atoms with E-state index in [2.05, 4.69) is 37.0 Å². The van der Waals surface area contributed by atoms with Crippen LogP contribution in [0.4, 0.5) is 5.82 Å². The lowest BCUT2D eigenvalue weighted by Gasteiger charge is -2.26. The van der Waals surface area contributed by atoms with Crippen LogP contribution in [0.1, 0.15) is 39.7 Å². The monoisotopic (exact) mass is 264 g/mol. The molecule has 1 unspecified atom stereocenters. The number of hydrogen-bond donors (Lipinski definition) is 2. The van der Waals surface area contributed by atoms with Crippen LogP contribution in [0, 0.1) is 0 Å². The fraction of sp³-hybridized carbons (Fsp3) is 0.571. The highest BCUT2D eigenvalue weighted by Crippen LogP contribution is 2.23. The van der Waals surface area contributed by atoms with Crippen molar-refractivity contribution in [1.82, 2.24) is 4.98 Å². The van der Waals surface area contributed by atoms with E-state index in [9.17, 15) is 0 Å². The number of anilines is 1. The summed E-state index contributed by atoms with van der Waals surface area (Å²) in [6, 6.07) is 4.21. The van der Waals surface area contributed by atoms with Crippen LogP contribution in [0.5, 0.6) is 0 Å². The molecule has 0 amide bonds. The molecule has 5 heteroatoms. The fourth-order valence-corrected chi connectivity index (χ4v) is 1.74. The fourth-order valence-electron chi connectivity index (χ4n) is 1.74. The van der Waals surface area contributed by atoms with Crippen molar-refractivity contribution in [1.29, 1.82) is 0 Å². The lowest BCUT2D eigenvalue weighted by Crippen LogP contribution is -2.33. The van der Waals surface area contributed by atoms with E-state index in [4.69, 9.17) is 10.9 Å². The number of hydrogen-bond acceptors (Lipinski definition) is 4. The second-order valence-electron chi connectivity index (χ2n) is 5.91. The minimum atomic E-state index is 0.101. The minimum Gasteiger partial charge on any atom is -0.409 e. The van der Waals surface area contributed by atoms with Gasteiger partial charge in [-0.1, -0.05) is 32.0 Å². The van der Waals surface area contributed by atoms with Gasteiger partial charge in [0.25, 0.3) is 0 Å². The van der Waals surface area contributed by atoms with Gasteiger partial charge in [0, 0.05) is 25.7 Å². The van der Waals surface area contributed by atoms with E-state index >= 15 is 0 Å². The second-order valence-corrected chi connectivity index (χ2v) is 5.91. The molecule has 0 aromatic carbocycles.